The molecule has 0 unspecified atom stereocenters. The SMILES string of the molecule is CCn1c(SCC(=O)Nc2scc(-c3ccccc3)c2C(=O)OC)nnc1-c1ccoc1C. The number of benzene rings is 1. The van der Waals surface area contributed by atoms with Crippen LogP contribution in [0.5, 0.6) is 0 Å². The van der Waals surface area contributed by atoms with Crippen molar-refractivity contribution in [2.75, 3.05) is 18.2 Å². The van der Waals surface area contributed by atoms with Gasteiger partial charge in [-0.25, -0.2) is 4.79 Å². The van der Waals surface area contributed by atoms with Crippen LogP contribution < -0.4 is 5.32 Å². The Bertz CT molecular complexity index is 1280. The maximum Gasteiger partial charge on any atom is 0.341 e. The molecule has 1 N–H and O–H groups in total. The smallest absolute Gasteiger partial charge is 0.341 e. The summed E-state index contributed by atoms with van der Waals surface area (Å²) in [5.74, 6) is 0.822. The first kappa shape index (κ1) is 22.8. The van der Waals surface area contributed by atoms with Crippen molar-refractivity contribution in [2.24, 2.45) is 0 Å². The van der Waals surface area contributed by atoms with E-state index in [0.717, 1.165) is 22.5 Å². The minimum absolute atomic E-state index is 0.113. The van der Waals surface area contributed by atoms with Crippen LogP contribution in [0.3, 0.4) is 0 Å². The van der Waals surface area contributed by atoms with Gasteiger partial charge in [-0.3, -0.25) is 4.79 Å². The molecule has 1 amide bonds. The number of nitrogens with zero attached hydrogens (tertiary/aromatic N) is 3. The van der Waals surface area contributed by atoms with Crippen molar-refractivity contribution < 1.29 is 18.7 Å². The van der Waals surface area contributed by atoms with Crippen LogP contribution in [0.4, 0.5) is 5.00 Å². The third-order valence-corrected chi connectivity index (χ3v) is 6.85. The van der Waals surface area contributed by atoms with Crippen LogP contribution in [-0.4, -0.2) is 39.5 Å². The highest BCUT2D eigenvalue weighted by molar-refractivity contribution is 7.99. The largest absolute Gasteiger partial charge is 0.469 e. The number of anilines is 1. The molecule has 170 valence electrons. The predicted octanol–water partition coefficient (Wildman–Crippen LogP) is 5.11. The molecule has 0 saturated carbocycles. The molecule has 0 aliphatic rings. The van der Waals surface area contributed by atoms with Gasteiger partial charge in [0.2, 0.25) is 5.91 Å². The molecule has 8 nitrogen and oxygen atoms in total. The zero-order valence-electron chi connectivity index (χ0n) is 18.3. The van der Waals surface area contributed by atoms with E-state index >= 15 is 0 Å². The molecule has 0 aliphatic carbocycles. The van der Waals surface area contributed by atoms with Crippen molar-refractivity contribution in [3.63, 3.8) is 0 Å². The van der Waals surface area contributed by atoms with Gasteiger partial charge in [0.25, 0.3) is 0 Å². The molecule has 10 heteroatoms. The second kappa shape index (κ2) is 10.1. The number of hydrogen-bond donors (Lipinski definition) is 1. The highest BCUT2D eigenvalue weighted by atomic mass is 32.2. The summed E-state index contributed by atoms with van der Waals surface area (Å²) in [5, 5.41) is 14.3. The monoisotopic (exact) mass is 482 g/mol. The fourth-order valence-electron chi connectivity index (χ4n) is 3.37. The molecule has 3 aromatic heterocycles. The fourth-order valence-corrected chi connectivity index (χ4v) is 5.15. The van der Waals surface area contributed by atoms with Gasteiger partial charge in [-0.15, -0.1) is 21.5 Å². The van der Waals surface area contributed by atoms with Gasteiger partial charge < -0.3 is 19.0 Å². The van der Waals surface area contributed by atoms with Crippen molar-refractivity contribution in [2.45, 2.75) is 25.5 Å². The summed E-state index contributed by atoms with van der Waals surface area (Å²) >= 11 is 2.57. The average Bonchev–Trinajstić information content (AvgIpc) is 3.55. The van der Waals surface area contributed by atoms with Crippen LogP contribution in [0.25, 0.3) is 22.5 Å². The van der Waals surface area contributed by atoms with Crippen molar-refractivity contribution in [1.29, 1.82) is 0 Å². The topological polar surface area (TPSA) is 99.2 Å². The Morgan fingerprint density at radius 2 is 1.97 bits per heavy atom. The van der Waals surface area contributed by atoms with E-state index in [9.17, 15) is 9.59 Å². The van der Waals surface area contributed by atoms with Crippen LogP contribution >= 0.6 is 23.1 Å². The molecule has 0 spiro atoms. The Morgan fingerprint density at radius 3 is 2.64 bits per heavy atom. The van der Waals surface area contributed by atoms with Gasteiger partial charge in [0.1, 0.15) is 16.3 Å². The number of carbonyl (C=O) groups excluding carboxylic acids is 2. The summed E-state index contributed by atoms with van der Waals surface area (Å²) in [7, 11) is 1.33. The lowest BCUT2D eigenvalue weighted by atomic mass is 10.0. The van der Waals surface area contributed by atoms with E-state index in [0.29, 0.717) is 28.1 Å². The minimum atomic E-state index is -0.496. The Balaban J connectivity index is 1.50. The van der Waals surface area contributed by atoms with E-state index in [-0.39, 0.29) is 11.7 Å². The molecule has 0 saturated heterocycles. The number of thiophene rings is 1. The number of thioether (sulfide) groups is 1. The molecule has 3 heterocycles. The zero-order valence-corrected chi connectivity index (χ0v) is 20.0. The lowest BCUT2D eigenvalue weighted by molar-refractivity contribution is -0.113. The summed E-state index contributed by atoms with van der Waals surface area (Å²) in [4.78, 5) is 25.2. The normalized spacial score (nSPS) is 10.9. The van der Waals surface area contributed by atoms with Crippen molar-refractivity contribution >= 4 is 40.0 Å². The number of methoxy groups -OCH3 is 1. The van der Waals surface area contributed by atoms with Gasteiger partial charge in [-0.1, -0.05) is 42.1 Å². The highest BCUT2D eigenvalue weighted by Crippen LogP contribution is 2.36. The number of nitrogens with one attached hydrogen (secondary N) is 1. The van der Waals surface area contributed by atoms with E-state index in [1.807, 2.05) is 60.2 Å². The average molecular weight is 483 g/mol. The van der Waals surface area contributed by atoms with Crippen molar-refractivity contribution in [3.8, 4) is 22.5 Å². The summed E-state index contributed by atoms with van der Waals surface area (Å²) in [6.07, 6.45) is 1.61. The van der Waals surface area contributed by atoms with Crippen LogP contribution in [0.15, 0.2) is 57.6 Å². The predicted molar refractivity (Wildman–Crippen MR) is 129 cm³/mol. The number of furan rings is 1. The summed E-state index contributed by atoms with van der Waals surface area (Å²) in [6, 6.07) is 11.4. The molecule has 0 bridgehead atoms. The van der Waals surface area contributed by atoms with Gasteiger partial charge in [-0.05, 0) is 25.5 Å². The summed E-state index contributed by atoms with van der Waals surface area (Å²) in [6.45, 7) is 4.51. The van der Waals surface area contributed by atoms with Crippen molar-refractivity contribution in [3.05, 3.63) is 59.4 Å². The number of rotatable bonds is 8. The third kappa shape index (κ3) is 4.71. The molecule has 0 fully saturated rings. The molecule has 0 radical (unpaired) electrons. The number of amides is 1. The number of esters is 1. The summed E-state index contributed by atoms with van der Waals surface area (Å²) in [5.41, 5.74) is 2.82. The van der Waals surface area contributed by atoms with E-state index < -0.39 is 5.97 Å². The Morgan fingerprint density at radius 1 is 1.18 bits per heavy atom. The first-order chi connectivity index (χ1) is 16.0. The number of aryl methyl sites for hydroxylation is 1. The number of aromatic nitrogens is 3. The van der Waals surface area contributed by atoms with Gasteiger partial charge in [-0.2, -0.15) is 0 Å². The molecule has 4 rings (SSSR count). The quantitative estimate of drug-likeness (QED) is 0.275. The second-order valence-electron chi connectivity index (χ2n) is 6.99. The molecule has 33 heavy (non-hydrogen) atoms. The number of carbonyl (C=O) groups is 2. The van der Waals surface area contributed by atoms with Gasteiger partial charge in [0.05, 0.1) is 24.7 Å². The first-order valence-electron chi connectivity index (χ1n) is 10.2. The van der Waals surface area contributed by atoms with E-state index in [1.54, 1.807) is 6.26 Å². The van der Waals surface area contributed by atoms with Gasteiger partial charge in [0, 0.05) is 17.5 Å². The maximum atomic E-state index is 12.7. The number of ether oxygens (including phenoxy) is 1. The molecule has 0 aliphatic heterocycles. The lowest BCUT2D eigenvalue weighted by Gasteiger charge is -2.08. The van der Waals surface area contributed by atoms with Crippen LogP contribution in [0, 0.1) is 6.92 Å². The lowest BCUT2D eigenvalue weighted by Crippen LogP contribution is -2.16. The van der Waals surface area contributed by atoms with Crippen molar-refractivity contribution in [1.82, 2.24) is 14.8 Å². The molecule has 4 aromatic rings. The first-order valence-corrected chi connectivity index (χ1v) is 12.1. The van der Waals surface area contributed by atoms with Crippen LogP contribution in [0.1, 0.15) is 23.0 Å². The highest BCUT2D eigenvalue weighted by Gasteiger charge is 2.23. The third-order valence-electron chi connectivity index (χ3n) is 4.98. The Kier molecular flexibility index (Phi) is 6.95. The maximum absolute atomic E-state index is 12.7. The standard InChI is InChI=1S/C23H22N4O4S2/c1-4-27-20(16-10-11-31-14(16)2)25-26-23(27)33-13-18(28)24-21-19(22(29)30-3)17(12-32-21)15-8-6-5-7-9-15/h5-12H,4,13H2,1-3H3,(H,24,28). The molecule has 0 atom stereocenters. The molecular weight excluding hydrogens is 460 g/mol. The minimum Gasteiger partial charge on any atom is -0.469 e. The van der Waals surface area contributed by atoms with E-state index in [4.69, 9.17) is 9.15 Å². The number of hydrogen-bond acceptors (Lipinski definition) is 8. The Hall–Kier alpha value is -3.37. The van der Waals surface area contributed by atoms with Gasteiger partial charge >= 0.3 is 5.97 Å². The Labute approximate surface area is 199 Å². The molecular formula is C23H22N4O4S2. The van der Waals surface area contributed by atoms with Gasteiger partial charge in [0.15, 0.2) is 11.0 Å². The zero-order chi connectivity index (χ0) is 23.4. The summed E-state index contributed by atoms with van der Waals surface area (Å²) < 4.78 is 12.3. The van der Waals surface area contributed by atoms with Crippen LogP contribution in [0.2, 0.25) is 0 Å². The fraction of sp³-hybridized carbons (Fsp3) is 0.217. The molecule has 1 aromatic carbocycles. The van der Waals surface area contributed by atoms with E-state index in [1.165, 1.54) is 30.2 Å². The van der Waals surface area contributed by atoms with E-state index in [2.05, 4.69) is 15.5 Å². The van der Waals surface area contributed by atoms with Crippen LogP contribution in [-0.2, 0) is 16.1 Å². The second-order valence-corrected chi connectivity index (χ2v) is 8.81.